The summed E-state index contributed by atoms with van der Waals surface area (Å²) in [6.07, 6.45) is 6.44. The summed E-state index contributed by atoms with van der Waals surface area (Å²) >= 11 is 0. The molecule has 2 heteroatoms. The maximum absolute atomic E-state index is 12.4. The largest absolute Gasteiger partial charge is 0.295 e. The summed E-state index contributed by atoms with van der Waals surface area (Å²) in [5.41, 5.74) is 0. The zero-order valence-corrected chi connectivity index (χ0v) is 10.9. The average molecular weight is 220 g/mol. The van der Waals surface area contributed by atoms with Crippen molar-refractivity contribution in [2.75, 3.05) is 0 Å². The predicted molar refractivity (Wildman–Crippen MR) is 64.2 cm³/mol. The summed E-state index contributed by atoms with van der Waals surface area (Å²) in [5.74, 6) is 3.23. The lowest BCUT2D eigenvalue weighted by molar-refractivity contribution is -0.120. The van der Waals surface area contributed by atoms with Crippen molar-refractivity contribution < 1.29 is 4.79 Å². The lowest BCUT2D eigenvalue weighted by Gasteiger charge is -2.23. The van der Waals surface area contributed by atoms with Gasteiger partial charge in [0.1, 0.15) is 0 Å². The Hall–Kier alpha value is -0.373. The highest BCUT2D eigenvalue weighted by atomic mass is 28.3. The molecule has 0 aliphatic heterocycles. The standard InChI is InChI=1S/C13H20OSi/c1-15(2,3)11-7-10-8-4-5-9(6-8)12(10)13(11)14/h7-10,12H,4-6H2,1-3H3/t8-,9+,10+,12-/m0/s1. The quantitative estimate of drug-likeness (QED) is 0.621. The highest BCUT2D eigenvalue weighted by Crippen LogP contribution is 2.57. The average Bonchev–Trinajstić information content (AvgIpc) is 2.73. The lowest BCUT2D eigenvalue weighted by atomic mass is 9.81. The Morgan fingerprint density at radius 3 is 2.47 bits per heavy atom. The van der Waals surface area contributed by atoms with Crippen LogP contribution in [0.2, 0.25) is 19.6 Å². The molecule has 0 spiro atoms. The summed E-state index contributed by atoms with van der Waals surface area (Å²) in [6, 6.07) is 0. The molecule has 1 nitrogen and oxygen atoms in total. The van der Waals surface area contributed by atoms with Gasteiger partial charge in [0.2, 0.25) is 0 Å². The van der Waals surface area contributed by atoms with E-state index < -0.39 is 8.07 Å². The van der Waals surface area contributed by atoms with Gasteiger partial charge in [0, 0.05) is 5.92 Å². The third kappa shape index (κ3) is 1.23. The molecule has 0 heterocycles. The molecule has 2 saturated carbocycles. The summed E-state index contributed by atoms with van der Waals surface area (Å²) in [7, 11) is -1.37. The molecule has 0 aromatic rings. The van der Waals surface area contributed by atoms with Crippen LogP contribution in [0.15, 0.2) is 11.3 Å². The highest BCUT2D eigenvalue weighted by molar-refractivity contribution is 6.87. The molecule has 0 unspecified atom stereocenters. The van der Waals surface area contributed by atoms with Crippen LogP contribution in [-0.4, -0.2) is 13.9 Å². The van der Waals surface area contributed by atoms with Gasteiger partial charge < -0.3 is 0 Å². The molecular weight excluding hydrogens is 200 g/mol. The second-order valence-corrected chi connectivity index (χ2v) is 11.7. The maximum Gasteiger partial charge on any atom is 0.158 e. The molecule has 3 aliphatic carbocycles. The molecule has 0 aromatic heterocycles. The molecule has 0 radical (unpaired) electrons. The van der Waals surface area contributed by atoms with E-state index in [0.29, 0.717) is 17.6 Å². The zero-order chi connectivity index (χ0) is 10.8. The van der Waals surface area contributed by atoms with Gasteiger partial charge >= 0.3 is 0 Å². The van der Waals surface area contributed by atoms with Crippen LogP contribution in [0.3, 0.4) is 0 Å². The van der Waals surface area contributed by atoms with Gasteiger partial charge in [-0.1, -0.05) is 25.7 Å². The number of fused-ring (bicyclic) bond motifs is 5. The van der Waals surface area contributed by atoms with E-state index in [1.807, 2.05) is 0 Å². The maximum atomic E-state index is 12.4. The number of ketones is 1. The monoisotopic (exact) mass is 220 g/mol. The van der Waals surface area contributed by atoms with Gasteiger partial charge in [-0.3, -0.25) is 4.79 Å². The first kappa shape index (κ1) is 9.82. The SMILES string of the molecule is C[Si](C)(C)C1=C[C@@H]2[C@H]3CC[C@H](C3)[C@@H]2C1=O. The summed E-state index contributed by atoms with van der Waals surface area (Å²) < 4.78 is 0. The van der Waals surface area contributed by atoms with Crippen molar-refractivity contribution in [2.24, 2.45) is 23.7 Å². The van der Waals surface area contributed by atoms with Crippen LogP contribution in [0.25, 0.3) is 0 Å². The van der Waals surface area contributed by atoms with Crippen LogP contribution in [0.5, 0.6) is 0 Å². The molecule has 0 saturated heterocycles. The van der Waals surface area contributed by atoms with E-state index in [9.17, 15) is 4.79 Å². The van der Waals surface area contributed by atoms with Crippen molar-refractivity contribution in [3.63, 3.8) is 0 Å². The number of rotatable bonds is 1. The third-order valence-electron chi connectivity index (χ3n) is 4.72. The molecule has 82 valence electrons. The van der Waals surface area contributed by atoms with Gasteiger partial charge in [-0.05, 0) is 42.2 Å². The number of hydrogen-bond acceptors (Lipinski definition) is 1. The van der Waals surface area contributed by atoms with E-state index in [0.717, 1.165) is 11.8 Å². The lowest BCUT2D eigenvalue weighted by Crippen LogP contribution is -2.31. The molecule has 2 bridgehead atoms. The van der Waals surface area contributed by atoms with Gasteiger partial charge in [-0.15, -0.1) is 0 Å². The first-order valence-electron chi connectivity index (χ1n) is 6.25. The van der Waals surface area contributed by atoms with Crippen molar-refractivity contribution in [3.05, 3.63) is 11.3 Å². The van der Waals surface area contributed by atoms with E-state index in [1.54, 1.807) is 0 Å². The number of carbonyl (C=O) groups is 1. The van der Waals surface area contributed by atoms with Crippen molar-refractivity contribution in [3.8, 4) is 0 Å². The van der Waals surface area contributed by atoms with Crippen LogP contribution in [0.1, 0.15) is 19.3 Å². The normalized spacial score (nSPS) is 43.4. The molecule has 0 amide bonds. The van der Waals surface area contributed by atoms with Crippen molar-refractivity contribution in [1.29, 1.82) is 0 Å². The Labute approximate surface area is 93.0 Å². The number of Topliss-reactive ketones (excluding diaryl/α,β-unsaturated/α-hetero) is 1. The third-order valence-corrected chi connectivity index (χ3v) is 6.75. The minimum Gasteiger partial charge on any atom is -0.295 e. The number of hydrogen-bond donors (Lipinski definition) is 0. The molecule has 4 atom stereocenters. The second kappa shape index (κ2) is 2.85. The van der Waals surface area contributed by atoms with Gasteiger partial charge in [0.05, 0.1) is 8.07 Å². The van der Waals surface area contributed by atoms with Gasteiger partial charge in [-0.25, -0.2) is 0 Å². The predicted octanol–water partition coefficient (Wildman–Crippen LogP) is 3.04. The number of allylic oxidation sites excluding steroid dienone is 2. The minimum absolute atomic E-state index is 0.422. The first-order valence-corrected chi connectivity index (χ1v) is 9.75. The molecule has 3 aliphatic rings. The van der Waals surface area contributed by atoms with Gasteiger partial charge in [0.15, 0.2) is 5.78 Å². The number of carbonyl (C=O) groups excluding carboxylic acids is 1. The Morgan fingerprint density at radius 1 is 1.20 bits per heavy atom. The highest BCUT2D eigenvalue weighted by Gasteiger charge is 2.54. The van der Waals surface area contributed by atoms with E-state index in [4.69, 9.17) is 0 Å². The van der Waals surface area contributed by atoms with Crippen molar-refractivity contribution in [2.45, 2.75) is 38.9 Å². The fourth-order valence-electron chi connectivity index (χ4n) is 4.04. The smallest absolute Gasteiger partial charge is 0.158 e. The summed E-state index contributed by atoms with van der Waals surface area (Å²) in [6.45, 7) is 6.92. The molecule has 0 N–H and O–H groups in total. The van der Waals surface area contributed by atoms with E-state index >= 15 is 0 Å². The Balaban J connectivity index is 1.97. The van der Waals surface area contributed by atoms with Crippen molar-refractivity contribution >= 4 is 13.9 Å². The van der Waals surface area contributed by atoms with E-state index in [-0.39, 0.29) is 0 Å². The van der Waals surface area contributed by atoms with Gasteiger partial charge in [-0.2, -0.15) is 0 Å². The minimum atomic E-state index is -1.37. The second-order valence-electron chi connectivity index (χ2n) is 6.63. The molecule has 15 heavy (non-hydrogen) atoms. The Kier molecular flexibility index (Phi) is 1.86. The molecule has 2 fully saturated rings. The topological polar surface area (TPSA) is 17.1 Å². The zero-order valence-electron chi connectivity index (χ0n) is 9.92. The van der Waals surface area contributed by atoms with Gasteiger partial charge in [0.25, 0.3) is 0 Å². The fourth-order valence-corrected chi connectivity index (χ4v) is 5.64. The van der Waals surface area contributed by atoms with Crippen LogP contribution in [0, 0.1) is 23.7 Å². The van der Waals surface area contributed by atoms with Crippen molar-refractivity contribution in [1.82, 2.24) is 0 Å². The van der Waals surface area contributed by atoms with Crippen LogP contribution >= 0.6 is 0 Å². The van der Waals surface area contributed by atoms with E-state index in [1.165, 1.54) is 24.5 Å². The van der Waals surface area contributed by atoms with Crippen LogP contribution < -0.4 is 0 Å². The fraction of sp³-hybridized carbons (Fsp3) is 0.769. The van der Waals surface area contributed by atoms with Crippen LogP contribution in [-0.2, 0) is 4.79 Å². The summed E-state index contributed by atoms with van der Waals surface area (Å²) in [5, 5.41) is 1.26. The molecular formula is C13H20OSi. The van der Waals surface area contributed by atoms with Crippen LogP contribution in [0.4, 0.5) is 0 Å². The Morgan fingerprint density at radius 2 is 1.87 bits per heavy atom. The summed E-state index contributed by atoms with van der Waals surface area (Å²) in [4.78, 5) is 12.4. The first-order chi connectivity index (χ1) is 6.98. The molecule has 3 rings (SSSR count). The molecule has 0 aromatic carbocycles. The Bertz CT molecular complexity index is 350. The van der Waals surface area contributed by atoms with E-state index in [2.05, 4.69) is 25.7 Å².